The summed E-state index contributed by atoms with van der Waals surface area (Å²) in [7, 11) is 1.89. The first-order chi connectivity index (χ1) is 11.7. The predicted molar refractivity (Wildman–Crippen MR) is 96.9 cm³/mol. The lowest BCUT2D eigenvalue weighted by Gasteiger charge is -2.59. The molecule has 5 aliphatic rings. The van der Waals surface area contributed by atoms with Crippen LogP contribution in [0.25, 0.3) is 0 Å². The van der Waals surface area contributed by atoms with Gasteiger partial charge in [-0.3, -0.25) is 0 Å². The summed E-state index contributed by atoms with van der Waals surface area (Å²) in [5.41, 5.74) is 0.390. The lowest BCUT2D eigenvalue weighted by atomic mass is 9.48. The van der Waals surface area contributed by atoms with Gasteiger partial charge in [0.05, 0.1) is 12.2 Å². The van der Waals surface area contributed by atoms with Crippen molar-refractivity contribution >= 4 is 0 Å². The second kappa shape index (κ2) is 7.25. The van der Waals surface area contributed by atoms with Crippen LogP contribution < -0.4 is 5.32 Å². The number of aliphatic hydroxyl groups is 1. The Hall–Kier alpha value is -0.120. The molecule has 4 aliphatic carbocycles. The van der Waals surface area contributed by atoms with Crippen molar-refractivity contribution in [1.29, 1.82) is 0 Å². The third kappa shape index (κ3) is 3.54. The van der Waals surface area contributed by atoms with Gasteiger partial charge in [-0.2, -0.15) is 0 Å². The van der Waals surface area contributed by atoms with Gasteiger partial charge in [0, 0.05) is 19.6 Å². The van der Waals surface area contributed by atoms with E-state index in [1.54, 1.807) is 0 Å². The highest BCUT2D eigenvalue weighted by Gasteiger charge is 2.54. The van der Waals surface area contributed by atoms with E-state index in [2.05, 4.69) is 5.32 Å². The Morgan fingerprint density at radius 2 is 1.71 bits per heavy atom. The van der Waals surface area contributed by atoms with Crippen LogP contribution in [0.2, 0.25) is 0 Å². The zero-order chi connectivity index (χ0) is 16.6. The maximum atomic E-state index is 10.8. The van der Waals surface area contributed by atoms with Gasteiger partial charge >= 0.3 is 0 Å². The van der Waals surface area contributed by atoms with Crippen molar-refractivity contribution in [2.75, 3.05) is 13.7 Å². The summed E-state index contributed by atoms with van der Waals surface area (Å²) in [4.78, 5) is 0. The molecule has 0 spiro atoms. The molecule has 24 heavy (non-hydrogen) atoms. The molecule has 1 heterocycles. The molecule has 5 rings (SSSR count). The Kier molecular flexibility index (Phi) is 5.22. The highest BCUT2D eigenvalue weighted by Crippen LogP contribution is 2.62. The number of nitrogens with one attached hydrogen (secondary N) is 1. The number of rotatable bonds is 6. The molecule has 4 bridgehead atoms. The van der Waals surface area contributed by atoms with E-state index >= 15 is 0 Å². The van der Waals surface area contributed by atoms with Crippen LogP contribution in [-0.2, 0) is 4.74 Å². The van der Waals surface area contributed by atoms with Crippen molar-refractivity contribution in [2.45, 2.75) is 95.3 Å². The monoisotopic (exact) mass is 335 g/mol. The van der Waals surface area contributed by atoms with Crippen molar-refractivity contribution in [3.05, 3.63) is 0 Å². The molecular weight excluding hydrogens is 298 g/mol. The van der Waals surface area contributed by atoms with Crippen LogP contribution in [0.3, 0.4) is 0 Å². The van der Waals surface area contributed by atoms with Gasteiger partial charge in [-0.1, -0.05) is 12.8 Å². The first kappa shape index (κ1) is 17.3. The molecule has 1 saturated heterocycles. The first-order valence-electron chi connectivity index (χ1n) is 10.6. The Labute approximate surface area is 147 Å². The normalized spacial score (nSPS) is 44.2. The van der Waals surface area contributed by atoms with Gasteiger partial charge in [-0.15, -0.1) is 0 Å². The summed E-state index contributed by atoms with van der Waals surface area (Å²) >= 11 is 0. The molecule has 1 aliphatic heterocycles. The third-order valence-electron chi connectivity index (χ3n) is 7.76. The number of ether oxygens (including phenoxy) is 1. The largest absolute Gasteiger partial charge is 0.393 e. The van der Waals surface area contributed by atoms with Crippen LogP contribution in [0.15, 0.2) is 0 Å². The molecule has 4 saturated carbocycles. The summed E-state index contributed by atoms with van der Waals surface area (Å²) in [6, 6.07) is 0.511. The number of aliphatic hydroxyl groups excluding tert-OH is 1. The zero-order valence-electron chi connectivity index (χ0n) is 15.5. The van der Waals surface area contributed by atoms with Crippen molar-refractivity contribution in [3.63, 3.8) is 0 Å². The first-order valence-corrected chi connectivity index (χ1v) is 10.6. The van der Waals surface area contributed by atoms with Gasteiger partial charge in [0.2, 0.25) is 0 Å². The zero-order valence-corrected chi connectivity index (χ0v) is 15.5. The SMILES string of the molecule is COC(CC(O)CC1CCCCCN1)C12CC3CC(CC(C3)C1)C2. The highest BCUT2D eigenvalue weighted by molar-refractivity contribution is 5.05. The maximum absolute atomic E-state index is 10.8. The second-order valence-corrected chi connectivity index (χ2v) is 9.63. The van der Waals surface area contributed by atoms with Gasteiger partial charge in [0.1, 0.15) is 0 Å². The van der Waals surface area contributed by atoms with Gasteiger partial charge in [-0.25, -0.2) is 0 Å². The average molecular weight is 336 g/mol. The van der Waals surface area contributed by atoms with Gasteiger partial charge in [-0.05, 0) is 87.5 Å². The quantitative estimate of drug-likeness (QED) is 0.774. The van der Waals surface area contributed by atoms with Crippen LogP contribution in [-0.4, -0.2) is 37.0 Å². The Morgan fingerprint density at radius 3 is 2.33 bits per heavy atom. The summed E-state index contributed by atoms with van der Waals surface area (Å²) in [5, 5.41) is 14.4. The highest BCUT2D eigenvalue weighted by atomic mass is 16.5. The summed E-state index contributed by atoms with van der Waals surface area (Å²) in [6.07, 6.45) is 15.5. The van der Waals surface area contributed by atoms with E-state index in [1.807, 2.05) is 7.11 Å². The fourth-order valence-electron chi connectivity index (χ4n) is 7.14. The minimum absolute atomic E-state index is 0.210. The van der Waals surface area contributed by atoms with Crippen LogP contribution in [0.4, 0.5) is 0 Å². The minimum atomic E-state index is -0.210. The molecule has 5 fully saturated rings. The van der Waals surface area contributed by atoms with Gasteiger partial charge in [0.15, 0.2) is 0 Å². The van der Waals surface area contributed by atoms with Crippen LogP contribution in [0, 0.1) is 23.2 Å². The minimum Gasteiger partial charge on any atom is -0.393 e. The van der Waals surface area contributed by atoms with Crippen molar-refractivity contribution in [3.8, 4) is 0 Å². The van der Waals surface area contributed by atoms with Crippen LogP contribution in [0.1, 0.15) is 77.0 Å². The molecule has 0 aromatic rings. The summed E-state index contributed by atoms with van der Waals surface area (Å²) in [5.74, 6) is 2.86. The molecular formula is C21H37NO2. The van der Waals surface area contributed by atoms with E-state index in [4.69, 9.17) is 4.74 Å². The maximum Gasteiger partial charge on any atom is 0.0652 e. The Balaban J connectivity index is 1.37. The average Bonchev–Trinajstić information content (AvgIpc) is 2.79. The van der Waals surface area contributed by atoms with E-state index in [0.717, 1.165) is 37.1 Å². The molecule has 0 radical (unpaired) electrons. The molecule has 3 heteroatoms. The van der Waals surface area contributed by atoms with E-state index in [0.29, 0.717) is 11.5 Å². The lowest BCUT2D eigenvalue weighted by molar-refractivity contribution is -0.142. The molecule has 138 valence electrons. The summed E-state index contributed by atoms with van der Waals surface area (Å²) in [6.45, 7) is 1.13. The van der Waals surface area contributed by atoms with Crippen molar-refractivity contribution in [2.24, 2.45) is 23.2 Å². The number of hydrogen-bond acceptors (Lipinski definition) is 3. The topological polar surface area (TPSA) is 41.5 Å². The third-order valence-corrected chi connectivity index (χ3v) is 7.76. The van der Waals surface area contributed by atoms with Crippen LogP contribution >= 0.6 is 0 Å². The smallest absolute Gasteiger partial charge is 0.0652 e. The van der Waals surface area contributed by atoms with E-state index < -0.39 is 0 Å². The standard InChI is InChI=1S/C21H37NO2/c1-24-20(11-19(23)10-18-5-3-2-4-6-22-18)21-12-15-7-16(13-21)9-17(8-15)14-21/h15-20,22-23H,2-14H2,1H3. The van der Waals surface area contributed by atoms with E-state index in [-0.39, 0.29) is 12.2 Å². The molecule has 3 unspecified atom stereocenters. The van der Waals surface area contributed by atoms with Gasteiger partial charge in [0.25, 0.3) is 0 Å². The van der Waals surface area contributed by atoms with Crippen molar-refractivity contribution < 1.29 is 9.84 Å². The molecule has 0 aromatic heterocycles. The molecule has 3 nitrogen and oxygen atoms in total. The van der Waals surface area contributed by atoms with Crippen LogP contribution in [0.5, 0.6) is 0 Å². The molecule has 2 N–H and O–H groups in total. The summed E-state index contributed by atoms with van der Waals surface area (Å²) < 4.78 is 6.04. The van der Waals surface area contributed by atoms with E-state index in [1.165, 1.54) is 64.2 Å². The Bertz CT molecular complexity index is 381. The van der Waals surface area contributed by atoms with Gasteiger partial charge < -0.3 is 15.2 Å². The van der Waals surface area contributed by atoms with E-state index in [9.17, 15) is 5.11 Å². The second-order valence-electron chi connectivity index (χ2n) is 9.63. The lowest BCUT2D eigenvalue weighted by Crippen LogP contribution is -2.53. The van der Waals surface area contributed by atoms with Crippen molar-refractivity contribution in [1.82, 2.24) is 5.32 Å². The number of hydrogen-bond donors (Lipinski definition) is 2. The fourth-order valence-corrected chi connectivity index (χ4v) is 7.14. The molecule has 0 aromatic carbocycles. The number of methoxy groups -OCH3 is 1. The predicted octanol–water partition coefficient (Wildman–Crippen LogP) is 3.89. The molecule has 3 atom stereocenters. The Morgan fingerprint density at radius 1 is 1.04 bits per heavy atom. The molecule has 0 amide bonds. The fraction of sp³-hybridized carbons (Fsp3) is 1.00.